The van der Waals surface area contributed by atoms with Crippen molar-refractivity contribution in [1.82, 2.24) is 0 Å². The van der Waals surface area contributed by atoms with E-state index in [1.165, 1.54) is 45.0 Å². The van der Waals surface area contributed by atoms with E-state index in [0.29, 0.717) is 0 Å². The van der Waals surface area contributed by atoms with Crippen molar-refractivity contribution in [3.05, 3.63) is 46.5 Å². The number of benzene rings is 2. The highest BCUT2D eigenvalue weighted by Crippen LogP contribution is 2.54. The summed E-state index contributed by atoms with van der Waals surface area (Å²) in [7, 11) is 8.82. The fraction of sp³-hybridized carbons (Fsp3) is 0.429. The van der Waals surface area contributed by atoms with Crippen LogP contribution in [0, 0.1) is 27.7 Å². The molecule has 0 radical (unpaired) electrons. The lowest BCUT2D eigenvalue weighted by Gasteiger charge is -2.49. The number of anilines is 4. The Morgan fingerprint density at radius 2 is 0.680 bits per heavy atom. The minimum Gasteiger partial charge on any atom is -0.315 e. The summed E-state index contributed by atoms with van der Waals surface area (Å²) in [6.45, 7) is 8.77. The van der Waals surface area contributed by atoms with Gasteiger partial charge in [0.2, 0.25) is 0 Å². The van der Waals surface area contributed by atoms with Crippen LogP contribution in [-0.2, 0) is 0 Å². The van der Waals surface area contributed by atoms with E-state index in [9.17, 15) is 0 Å². The summed E-state index contributed by atoms with van der Waals surface area (Å²) >= 11 is 0. The van der Waals surface area contributed by atoms with E-state index in [-0.39, 0.29) is 5.91 Å². The first-order chi connectivity index (χ1) is 11.7. The van der Waals surface area contributed by atoms with Crippen LogP contribution in [0.2, 0.25) is 0 Å². The number of hydrogen-bond acceptors (Lipinski definition) is 4. The molecule has 2 aliphatic rings. The monoisotopic (exact) mass is 336 g/mol. The van der Waals surface area contributed by atoms with Crippen molar-refractivity contribution < 1.29 is 0 Å². The molecule has 2 aromatic rings. The minimum atomic E-state index is -0.356. The molecule has 132 valence electrons. The molecule has 4 rings (SSSR count). The average Bonchev–Trinajstić information content (AvgIpc) is 2.90. The van der Waals surface area contributed by atoms with E-state index in [4.69, 9.17) is 0 Å². The van der Waals surface area contributed by atoms with Crippen molar-refractivity contribution >= 4 is 22.7 Å². The maximum absolute atomic E-state index is 2.40. The molecule has 0 atom stereocenters. The van der Waals surface area contributed by atoms with Crippen LogP contribution in [0.4, 0.5) is 22.7 Å². The molecule has 1 spiro atoms. The second-order valence-corrected chi connectivity index (χ2v) is 7.69. The largest absolute Gasteiger partial charge is 0.315 e. The van der Waals surface area contributed by atoms with E-state index in [2.05, 4.69) is 99.8 Å². The number of fused-ring (bicyclic) bond motifs is 2. The van der Waals surface area contributed by atoms with Gasteiger partial charge in [-0.15, -0.1) is 0 Å². The number of hydrogen-bond donors (Lipinski definition) is 0. The van der Waals surface area contributed by atoms with Crippen LogP contribution in [0.15, 0.2) is 24.3 Å². The van der Waals surface area contributed by atoms with Gasteiger partial charge in [0, 0.05) is 28.2 Å². The number of rotatable bonds is 0. The summed E-state index contributed by atoms with van der Waals surface area (Å²) < 4.78 is 0. The van der Waals surface area contributed by atoms with Crippen LogP contribution in [0.25, 0.3) is 0 Å². The molecule has 0 aliphatic carbocycles. The van der Waals surface area contributed by atoms with Gasteiger partial charge in [-0.2, -0.15) is 0 Å². The van der Waals surface area contributed by atoms with Crippen LogP contribution in [0.3, 0.4) is 0 Å². The van der Waals surface area contributed by atoms with Crippen molar-refractivity contribution in [2.24, 2.45) is 0 Å². The predicted octanol–water partition coefficient (Wildman–Crippen LogP) is 4.00. The highest BCUT2D eigenvalue weighted by molar-refractivity contribution is 5.90. The first-order valence-corrected chi connectivity index (χ1v) is 8.89. The second-order valence-electron chi connectivity index (χ2n) is 7.69. The van der Waals surface area contributed by atoms with Gasteiger partial charge in [-0.3, -0.25) is 0 Å². The highest BCUT2D eigenvalue weighted by Gasteiger charge is 2.57. The summed E-state index contributed by atoms with van der Waals surface area (Å²) in [5.41, 5.74) is 10.5. The smallest absolute Gasteiger partial charge is 0.277 e. The highest BCUT2D eigenvalue weighted by atomic mass is 15.7. The van der Waals surface area contributed by atoms with Gasteiger partial charge in [-0.25, -0.2) is 0 Å². The van der Waals surface area contributed by atoms with Crippen molar-refractivity contribution in [2.75, 3.05) is 47.8 Å². The first kappa shape index (κ1) is 16.1. The second kappa shape index (κ2) is 4.84. The van der Waals surface area contributed by atoms with Crippen molar-refractivity contribution in [3.63, 3.8) is 0 Å². The molecule has 0 aromatic heterocycles. The molecule has 4 nitrogen and oxygen atoms in total. The fourth-order valence-corrected chi connectivity index (χ4v) is 4.64. The molecule has 2 aliphatic heterocycles. The summed E-state index contributed by atoms with van der Waals surface area (Å²) in [5, 5.41) is 0. The van der Waals surface area contributed by atoms with Crippen LogP contribution >= 0.6 is 0 Å². The SMILES string of the molecule is Cc1cc2c(cc1C)N(C)C1(N2C)N(C)c2cc(C)c(C)cc2N1C. The zero-order valence-electron chi connectivity index (χ0n) is 16.6. The molecule has 0 amide bonds. The minimum absolute atomic E-state index is 0.356. The van der Waals surface area contributed by atoms with Gasteiger partial charge in [-0.1, -0.05) is 0 Å². The normalized spacial score (nSPS) is 17.6. The number of aryl methyl sites for hydroxylation is 4. The topological polar surface area (TPSA) is 13.0 Å². The van der Waals surface area contributed by atoms with E-state index < -0.39 is 0 Å². The Balaban J connectivity index is 1.94. The Labute approximate surface area is 151 Å². The van der Waals surface area contributed by atoms with Gasteiger partial charge in [0.15, 0.2) is 0 Å². The first-order valence-electron chi connectivity index (χ1n) is 8.89. The van der Waals surface area contributed by atoms with Crippen LogP contribution < -0.4 is 19.6 Å². The molecular weight excluding hydrogens is 308 g/mol. The van der Waals surface area contributed by atoms with Crippen molar-refractivity contribution in [1.29, 1.82) is 0 Å². The Morgan fingerprint density at radius 3 is 0.880 bits per heavy atom. The van der Waals surface area contributed by atoms with Crippen molar-refractivity contribution in [3.8, 4) is 0 Å². The predicted molar refractivity (Wildman–Crippen MR) is 108 cm³/mol. The third-order valence-corrected chi connectivity index (χ3v) is 6.43. The Bertz CT molecular complexity index is 739. The van der Waals surface area contributed by atoms with Gasteiger partial charge in [0.25, 0.3) is 5.91 Å². The molecule has 0 fully saturated rings. The van der Waals surface area contributed by atoms with E-state index in [1.54, 1.807) is 0 Å². The van der Waals surface area contributed by atoms with Crippen LogP contribution in [0.1, 0.15) is 22.3 Å². The van der Waals surface area contributed by atoms with Crippen LogP contribution in [-0.4, -0.2) is 34.1 Å². The van der Waals surface area contributed by atoms with E-state index in [0.717, 1.165) is 0 Å². The summed E-state index contributed by atoms with van der Waals surface area (Å²) in [6.07, 6.45) is 0. The third-order valence-electron chi connectivity index (χ3n) is 6.43. The molecular formula is C21H28N4. The molecule has 25 heavy (non-hydrogen) atoms. The van der Waals surface area contributed by atoms with E-state index >= 15 is 0 Å². The van der Waals surface area contributed by atoms with Crippen molar-refractivity contribution in [2.45, 2.75) is 33.6 Å². The molecule has 0 saturated carbocycles. The van der Waals surface area contributed by atoms with Gasteiger partial charge in [0.1, 0.15) is 0 Å². The maximum atomic E-state index is 2.40. The zero-order chi connectivity index (χ0) is 18.3. The fourth-order valence-electron chi connectivity index (χ4n) is 4.64. The lowest BCUT2D eigenvalue weighted by Crippen LogP contribution is -2.71. The van der Waals surface area contributed by atoms with Gasteiger partial charge >= 0.3 is 0 Å². The summed E-state index contributed by atoms with van der Waals surface area (Å²) in [6, 6.07) is 9.27. The van der Waals surface area contributed by atoms with Gasteiger partial charge in [0.05, 0.1) is 22.7 Å². The molecule has 2 aromatic carbocycles. The maximum Gasteiger partial charge on any atom is 0.277 e. The summed E-state index contributed by atoms with van der Waals surface area (Å²) in [5.74, 6) is -0.356. The quantitative estimate of drug-likeness (QED) is 0.721. The Morgan fingerprint density at radius 1 is 0.480 bits per heavy atom. The Hall–Kier alpha value is -2.36. The number of nitrogens with zero attached hydrogens (tertiary/aromatic N) is 4. The third kappa shape index (κ3) is 1.72. The zero-order valence-corrected chi connectivity index (χ0v) is 16.6. The molecule has 0 unspecified atom stereocenters. The molecule has 0 bridgehead atoms. The molecule has 2 heterocycles. The Kier molecular flexibility index (Phi) is 3.12. The molecule has 4 heteroatoms. The average molecular weight is 336 g/mol. The van der Waals surface area contributed by atoms with Gasteiger partial charge in [-0.05, 0) is 74.2 Å². The lowest BCUT2D eigenvalue weighted by molar-refractivity contribution is 0.423. The summed E-state index contributed by atoms with van der Waals surface area (Å²) in [4.78, 5) is 9.61. The lowest BCUT2D eigenvalue weighted by atomic mass is 10.1. The standard InChI is InChI=1S/C21H28N4/c1-13-9-17-18(10-14(13)2)23(6)21(22(17)5)24(7)19-11-15(3)16(4)12-20(19)25(21)8/h9-12H,1-8H3. The molecule has 0 saturated heterocycles. The van der Waals surface area contributed by atoms with E-state index in [1.807, 2.05) is 0 Å². The molecule has 0 N–H and O–H groups in total. The van der Waals surface area contributed by atoms with Gasteiger partial charge < -0.3 is 19.6 Å². The van der Waals surface area contributed by atoms with Crippen LogP contribution in [0.5, 0.6) is 0 Å².